The summed E-state index contributed by atoms with van der Waals surface area (Å²) in [7, 11) is 0. The van der Waals surface area contributed by atoms with Crippen molar-refractivity contribution in [1.29, 1.82) is 0 Å². The molecule has 0 saturated carbocycles. The Morgan fingerprint density at radius 2 is 1.51 bits per heavy atom. The lowest BCUT2D eigenvalue weighted by molar-refractivity contribution is -0.118. The predicted molar refractivity (Wildman–Crippen MR) is 138 cm³/mol. The van der Waals surface area contributed by atoms with Gasteiger partial charge in [0.05, 0.1) is 0 Å². The number of carbonyl (C=O) groups is 3. The van der Waals surface area contributed by atoms with Crippen LogP contribution in [0.5, 0.6) is 5.75 Å². The average molecular weight is 493 g/mol. The topological polar surface area (TPSA) is 116 Å². The van der Waals surface area contributed by atoms with Crippen LogP contribution in [0, 0.1) is 5.41 Å². The molecule has 4 N–H and O–H groups in total. The minimum absolute atomic E-state index is 0.0610. The highest BCUT2D eigenvalue weighted by Crippen LogP contribution is 2.37. The quantitative estimate of drug-likeness (QED) is 0.229. The SMILES string of the molecule is CC(C)(C)CC(=O)Nc1ccc(SC(C(=O)Nc2ccc(O)c(C(=O)O)c2)c2ccccc2)cc1. The average Bonchev–Trinajstić information content (AvgIpc) is 2.79. The van der Waals surface area contributed by atoms with Crippen LogP contribution < -0.4 is 10.6 Å². The third kappa shape index (κ3) is 7.61. The van der Waals surface area contributed by atoms with E-state index in [9.17, 15) is 24.6 Å². The Bertz CT molecular complexity index is 1200. The first-order valence-corrected chi connectivity index (χ1v) is 11.9. The van der Waals surface area contributed by atoms with Crippen LogP contribution in [0.3, 0.4) is 0 Å². The molecule has 0 radical (unpaired) electrons. The molecule has 0 aliphatic carbocycles. The number of carboxylic acids is 1. The number of hydrogen-bond acceptors (Lipinski definition) is 5. The highest BCUT2D eigenvalue weighted by Gasteiger charge is 2.23. The lowest BCUT2D eigenvalue weighted by Crippen LogP contribution is -2.19. The molecule has 0 aromatic heterocycles. The van der Waals surface area contributed by atoms with E-state index in [1.165, 1.54) is 30.0 Å². The third-order valence-corrected chi connectivity index (χ3v) is 6.18. The van der Waals surface area contributed by atoms with E-state index in [2.05, 4.69) is 10.6 Å². The summed E-state index contributed by atoms with van der Waals surface area (Å²) in [6.07, 6.45) is 0.403. The first-order valence-electron chi connectivity index (χ1n) is 11.0. The number of carbonyl (C=O) groups excluding carboxylic acids is 2. The van der Waals surface area contributed by atoms with Crippen LogP contribution in [0.4, 0.5) is 11.4 Å². The summed E-state index contributed by atoms with van der Waals surface area (Å²) in [6, 6.07) is 20.4. The fourth-order valence-corrected chi connectivity index (χ4v) is 4.36. The second-order valence-corrected chi connectivity index (χ2v) is 10.4. The highest BCUT2D eigenvalue weighted by atomic mass is 32.2. The molecule has 3 rings (SSSR count). The first kappa shape index (κ1) is 25.8. The largest absolute Gasteiger partial charge is 0.507 e. The van der Waals surface area contributed by atoms with Crippen LogP contribution >= 0.6 is 11.8 Å². The van der Waals surface area contributed by atoms with Crippen LogP contribution in [0.2, 0.25) is 0 Å². The normalized spacial score (nSPS) is 12.0. The molecule has 1 atom stereocenters. The maximum atomic E-state index is 13.2. The van der Waals surface area contributed by atoms with E-state index in [1.54, 1.807) is 12.1 Å². The highest BCUT2D eigenvalue weighted by molar-refractivity contribution is 8.00. The molecule has 3 aromatic carbocycles. The molecule has 0 spiro atoms. The van der Waals surface area contributed by atoms with E-state index in [-0.39, 0.29) is 34.2 Å². The van der Waals surface area contributed by atoms with Gasteiger partial charge in [0.25, 0.3) is 0 Å². The van der Waals surface area contributed by atoms with Crippen LogP contribution in [0.1, 0.15) is 48.4 Å². The monoisotopic (exact) mass is 492 g/mol. The van der Waals surface area contributed by atoms with Crippen LogP contribution in [0.25, 0.3) is 0 Å². The lowest BCUT2D eigenvalue weighted by Gasteiger charge is -2.18. The minimum Gasteiger partial charge on any atom is -0.507 e. The Kier molecular flexibility index (Phi) is 8.19. The van der Waals surface area contributed by atoms with E-state index >= 15 is 0 Å². The second-order valence-electron chi connectivity index (χ2n) is 9.24. The Morgan fingerprint density at radius 1 is 0.886 bits per heavy atom. The van der Waals surface area contributed by atoms with Gasteiger partial charge >= 0.3 is 5.97 Å². The molecule has 3 aromatic rings. The Balaban J connectivity index is 1.77. The molecule has 0 fully saturated rings. The van der Waals surface area contributed by atoms with Crippen molar-refractivity contribution in [1.82, 2.24) is 0 Å². The van der Waals surface area contributed by atoms with Gasteiger partial charge < -0.3 is 20.8 Å². The first-order chi connectivity index (χ1) is 16.5. The number of hydrogen-bond donors (Lipinski definition) is 4. The number of aromatic hydroxyl groups is 1. The third-order valence-electron chi connectivity index (χ3n) is 4.92. The van der Waals surface area contributed by atoms with Gasteiger partial charge in [0.1, 0.15) is 16.6 Å². The lowest BCUT2D eigenvalue weighted by atomic mass is 9.92. The number of anilines is 2. The molecular weight excluding hydrogens is 464 g/mol. The van der Waals surface area contributed by atoms with Crippen LogP contribution in [-0.2, 0) is 9.59 Å². The molecule has 8 heteroatoms. The zero-order valence-corrected chi connectivity index (χ0v) is 20.6. The number of amides is 2. The Labute approximate surface area is 208 Å². The van der Waals surface area contributed by atoms with E-state index in [0.29, 0.717) is 12.1 Å². The summed E-state index contributed by atoms with van der Waals surface area (Å²) in [5.41, 5.74) is 1.31. The maximum absolute atomic E-state index is 13.2. The van der Waals surface area contributed by atoms with Crippen molar-refractivity contribution >= 4 is 40.9 Å². The van der Waals surface area contributed by atoms with Gasteiger partial charge in [-0.1, -0.05) is 51.1 Å². The predicted octanol–water partition coefficient (Wildman–Crippen LogP) is 5.94. The molecular formula is C27H28N2O5S. The van der Waals surface area contributed by atoms with Gasteiger partial charge in [-0.05, 0) is 53.4 Å². The maximum Gasteiger partial charge on any atom is 0.339 e. The number of benzene rings is 3. The van der Waals surface area contributed by atoms with Gasteiger partial charge in [0, 0.05) is 22.7 Å². The van der Waals surface area contributed by atoms with Crippen molar-refractivity contribution in [3.63, 3.8) is 0 Å². The molecule has 182 valence electrons. The molecule has 0 bridgehead atoms. The molecule has 35 heavy (non-hydrogen) atoms. The van der Waals surface area contributed by atoms with Crippen molar-refractivity contribution in [2.24, 2.45) is 5.41 Å². The van der Waals surface area contributed by atoms with Gasteiger partial charge in [-0.15, -0.1) is 11.8 Å². The number of phenols is 1. The standard InChI is InChI=1S/C27H28N2O5S/c1-27(2,3)16-23(31)28-18-9-12-20(13-10-18)35-24(17-7-5-4-6-8-17)25(32)29-19-11-14-22(30)21(15-19)26(33)34/h4-15,24,30H,16H2,1-3H3,(H,28,31)(H,29,32)(H,33,34). The Hall–Kier alpha value is -3.78. The number of nitrogens with one attached hydrogen (secondary N) is 2. The van der Waals surface area contributed by atoms with E-state index in [4.69, 9.17) is 0 Å². The zero-order valence-electron chi connectivity index (χ0n) is 19.7. The van der Waals surface area contributed by atoms with Crippen molar-refractivity contribution in [3.8, 4) is 5.75 Å². The van der Waals surface area contributed by atoms with E-state index in [0.717, 1.165) is 10.5 Å². The van der Waals surface area contributed by atoms with Crippen molar-refractivity contribution in [3.05, 3.63) is 83.9 Å². The summed E-state index contributed by atoms with van der Waals surface area (Å²) in [5.74, 6) is -2.07. The van der Waals surface area contributed by atoms with Gasteiger partial charge in [0.2, 0.25) is 11.8 Å². The molecule has 0 aliphatic rings. The summed E-state index contributed by atoms with van der Waals surface area (Å²) in [4.78, 5) is 37.6. The van der Waals surface area contributed by atoms with Crippen molar-refractivity contribution < 1.29 is 24.6 Å². The van der Waals surface area contributed by atoms with Crippen molar-refractivity contribution in [2.45, 2.75) is 37.3 Å². The molecule has 0 heterocycles. The summed E-state index contributed by atoms with van der Waals surface area (Å²) in [6.45, 7) is 6.01. The van der Waals surface area contributed by atoms with Gasteiger partial charge in [-0.2, -0.15) is 0 Å². The second kappa shape index (κ2) is 11.1. The number of rotatable bonds is 8. The van der Waals surface area contributed by atoms with Crippen LogP contribution in [0.15, 0.2) is 77.7 Å². The fraction of sp³-hybridized carbons (Fsp3) is 0.222. The van der Waals surface area contributed by atoms with E-state index in [1.807, 2.05) is 63.2 Å². The smallest absolute Gasteiger partial charge is 0.339 e. The molecule has 7 nitrogen and oxygen atoms in total. The summed E-state index contributed by atoms with van der Waals surface area (Å²) < 4.78 is 0. The fourth-order valence-electron chi connectivity index (χ4n) is 3.33. The molecule has 1 unspecified atom stereocenters. The van der Waals surface area contributed by atoms with Crippen molar-refractivity contribution in [2.75, 3.05) is 10.6 Å². The summed E-state index contributed by atoms with van der Waals surface area (Å²) >= 11 is 1.33. The Morgan fingerprint density at radius 3 is 2.11 bits per heavy atom. The van der Waals surface area contributed by atoms with Gasteiger partial charge in [-0.3, -0.25) is 9.59 Å². The van der Waals surface area contributed by atoms with E-state index < -0.39 is 11.2 Å². The number of thioether (sulfide) groups is 1. The van der Waals surface area contributed by atoms with Gasteiger partial charge in [0.15, 0.2) is 0 Å². The van der Waals surface area contributed by atoms with Crippen LogP contribution in [-0.4, -0.2) is 28.0 Å². The molecule has 2 amide bonds. The van der Waals surface area contributed by atoms with Gasteiger partial charge in [-0.25, -0.2) is 4.79 Å². The minimum atomic E-state index is -1.29. The molecule has 0 aliphatic heterocycles. The number of aromatic carboxylic acids is 1. The molecule has 0 saturated heterocycles. The zero-order chi connectivity index (χ0) is 25.6. The number of carboxylic acid groups (broad SMARTS) is 1. The summed E-state index contributed by atoms with van der Waals surface area (Å²) in [5, 5.41) is 24.0.